The Morgan fingerprint density at radius 2 is 1.85 bits per heavy atom. The summed E-state index contributed by atoms with van der Waals surface area (Å²) in [5, 5.41) is 0. The van der Waals surface area contributed by atoms with Crippen LogP contribution in [0.3, 0.4) is 0 Å². The van der Waals surface area contributed by atoms with Gasteiger partial charge in [-0.25, -0.2) is 0 Å². The molecule has 0 heterocycles. The first-order valence-electron chi connectivity index (χ1n) is 4.19. The molecule has 0 saturated heterocycles. The Labute approximate surface area is 77.1 Å². The highest BCUT2D eigenvalue weighted by atomic mass is 16.5. The van der Waals surface area contributed by atoms with Crippen molar-refractivity contribution in [2.24, 2.45) is 0 Å². The number of hydrogen-bond donors (Lipinski definition) is 0. The predicted molar refractivity (Wildman–Crippen MR) is 48.1 cm³/mol. The van der Waals surface area contributed by atoms with E-state index < -0.39 is 11.6 Å². The zero-order chi connectivity index (χ0) is 10.0. The van der Waals surface area contributed by atoms with Crippen LogP contribution in [-0.2, 0) is 14.3 Å². The molecule has 0 bridgehead atoms. The normalized spacial score (nSPS) is 17.6. The minimum Gasteiger partial charge on any atom is -0.493 e. The van der Waals surface area contributed by atoms with E-state index in [9.17, 15) is 9.59 Å². The highest BCUT2D eigenvalue weighted by Gasteiger charge is 2.25. The molecule has 3 heteroatoms. The first-order valence-corrected chi connectivity index (χ1v) is 4.19. The third-order valence-corrected chi connectivity index (χ3v) is 1.92. The Hall–Kier alpha value is -1.38. The standard InChI is InChI=1S/C10H12O3/c1-4-13-8-5-6(2)9(11)10(12)7(8)3/h5H,4H2,1-3H3. The van der Waals surface area contributed by atoms with E-state index in [2.05, 4.69) is 0 Å². The van der Waals surface area contributed by atoms with Crippen molar-refractivity contribution in [3.63, 3.8) is 0 Å². The van der Waals surface area contributed by atoms with Gasteiger partial charge in [0.15, 0.2) is 0 Å². The molecular weight excluding hydrogens is 168 g/mol. The van der Waals surface area contributed by atoms with Gasteiger partial charge < -0.3 is 4.74 Å². The van der Waals surface area contributed by atoms with Crippen LogP contribution in [0.5, 0.6) is 0 Å². The largest absolute Gasteiger partial charge is 0.493 e. The van der Waals surface area contributed by atoms with E-state index in [1.54, 1.807) is 19.9 Å². The lowest BCUT2D eigenvalue weighted by Crippen LogP contribution is -2.21. The van der Waals surface area contributed by atoms with Gasteiger partial charge in [-0.05, 0) is 26.8 Å². The Morgan fingerprint density at radius 3 is 2.38 bits per heavy atom. The van der Waals surface area contributed by atoms with Gasteiger partial charge >= 0.3 is 0 Å². The highest BCUT2D eigenvalue weighted by molar-refractivity contribution is 6.49. The summed E-state index contributed by atoms with van der Waals surface area (Å²) in [5.41, 5.74) is 0.844. The van der Waals surface area contributed by atoms with Crippen molar-refractivity contribution in [3.05, 3.63) is 23.0 Å². The van der Waals surface area contributed by atoms with E-state index in [4.69, 9.17) is 4.74 Å². The smallest absolute Gasteiger partial charge is 0.232 e. The summed E-state index contributed by atoms with van der Waals surface area (Å²) in [7, 11) is 0. The van der Waals surface area contributed by atoms with Crippen molar-refractivity contribution in [2.75, 3.05) is 6.61 Å². The van der Waals surface area contributed by atoms with Crippen LogP contribution < -0.4 is 0 Å². The van der Waals surface area contributed by atoms with Crippen molar-refractivity contribution in [2.45, 2.75) is 20.8 Å². The minimum absolute atomic E-state index is 0.400. The number of ketones is 2. The van der Waals surface area contributed by atoms with Crippen molar-refractivity contribution < 1.29 is 14.3 Å². The molecule has 0 unspecified atom stereocenters. The van der Waals surface area contributed by atoms with Gasteiger partial charge in [0.25, 0.3) is 0 Å². The van der Waals surface area contributed by atoms with E-state index in [1.807, 2.05) is 6.92 Å². The van der Waals surface area contributed by atoms with E-state index in [0.29, 0.717) is 23.5 Å². The molecule has 13 heavy (non-hydrogen) atoms. The van der Waals surface area contributed by atoms with Crippen molar-refractivity contribution in [1.82, 2.24) is 0 Å². The third-order valence-electron chi connectivity index (χ3n) is 1.92. The quantitative estimate of drug-likeness (QED) is 0.476. The molecule has 0 aliphatic heterocycles. The van der Waals surface area contributed by atoms with Crippen LogP contribution in [-0.4, -0.2) is 18.2 Å². The van der Waals surface area contributed by atoms with Gasteiger partial charge in [0.05, 0.1) is 6.61 Å². The van der Waals surface area contributed by atoms with Crippen molar-refractivity contribution in [3.8, 4) is 0 Å². The average molecular weight is 180 g/mol. The second kappa shape index (κ2) is 3.56. The zero-order valence-corrected chi connectivity index (χ0v) is 8.01. The Bertz CT molecular complexity index is 317. The van der Waals surface area contributed by atoms with Gasteiger partial charge in [0.2, 0.25) is 11.6 Å². The van der Waals surface area contributed by atoms with E-state index in [1.165, 1.54) is 0 Å². The number of Topliss-reactive ketones (excluding diaryl/α,β-unsaturated/α-hetero) is 2. The first-order chi connectivity index (χ1) is 6.07. The van der Waals surface area contributed by atoms with Gasteiger partial charge in [-0.2, -0.15) is 0 Å². The number of allylic oxidation sites excluding steroid dienone is 3. The van der Waals surface area contributed by atoms with Crippen LogP contribution >= 0.6 is 0 Å². The maximum absolute atomic E-state index is 11.3. The van der Waals surface area contributed by atoms with Crippen LogP contribution in [0, 0.1) is 0 Å². The molecule has 0 amide bonds. The maximum Gasteiger partial charge on any atom is 0.232 e. The minimum atomic E-state index is -0.455. The molecule has 70 valence electrons. The van der Waals surface area contributed by atoms with Crippen molar-refractivity contribution >= 4 is 11.6 Å². The maximum atomic E-state index is 11.3. The van der Waals surface area contributed by atoms with E-state index in [-0.39, 0.29) is 0 Å². The van der Waals surface area contributed by atoms with Crippen LogP contribution in [0.15, 0.2) is 23.0 Å². The lowest BCUT2D eigenvalue weighted by atomic mass is 9.96. The predicted octanol–water partition coefficient (Wildman–Crippen LogP) is 1.40. The second-order valence-corrected chi connectivity index (χ2v) is 2.91. The molecule has 0 saturated carbocycles. The molecular formula is C10H12O3. The highest BCUT2D eigenvalue weighted by Crippen LogP contribution is 2.18. The molecule has 1 aliphatic rings. The molecule has 1 aliphatic carbocycles. The number of carbonyl (C=O) groups excluding carboxylic acids is 2. The van der Waals surface area contributed by atoms with Gasteiger partial charge in [-0.15, -0.1) is 0 Å². The second-order valence-electron chi connectivity index (χ2n) is 2.91. The number of rotatable bonds is 2. The Kier molecular flexibility index (Phi) is 2.66. The molecule has 1 rings (SSSR count). The molecule has 0 aromatic carbocycles. The van der Waals surface area contributed by atoms with E-state index >= 15 is 0 Å². The number of ether oxygens (including phenoxy) is 1. The van der Waals surface area contributed by atoms with Crippen LogP contribution in [0.2, 0.25) is 0 Å². The summed E-state index contributed by atoms with van der Waals surface area (Å²) < 4.78 is 5.21. The molecule has 0 aromatic heterocycles. The molecule has 0 spiro atoms. The SMILES string of the molecule is CCOC1=C(C)C(=O)C(=O)C(C)=C1. The molecule has 0 aromatic rings. The fourth-order valence-electron chi connectivity index (χ4n) is 1.14. The van der Waals surface area contributed by atoms with Gasteiger partial charge in [0, 0.05) is 11.1 Å². The fraction of sp³-hybridized carbons (Fsp3) is 0.400. The summed E-state index contributed by atoms with van der Waals surface area (Å²) in [6.45, 7) is 5.56. The summed E-state index contributed by atoms with van der Waals surface area (Å²) in [6.07, 6.45) is 1.61. The number of hydrogen-bond acceptors (Lipinski definition) is 3. The van der Waals surface area contributed by atoms with Crippen molar-refractivity contribution in [1.29, 1.82) is 0 Å². The third kappa shape index (κ3) is 1.69. The fourth-order valence-corrected chi connectivity index (χ4v) is 1.14. The van der Waals surface area contributed by atoms with Gasteiger partial charge in [-0.3, -0.25) is 9.59 Å². The molecule has 0 fully saturated rings. The lowest BCUT2D eigenvalue weighted by Gasteiger charge is -2.13. The Morgan fingerprint density at radius 1 is 1.23 bits per heavy atom. The topological polar surface area (TPSA) is 43.4 Å². The van der Waals surface area contributed by atoms with E-state index in [0.717, 1.165) is 0 Å². The first kappa shape index (κ1) is 9.71. The zero-order valence-electron chi connectivity index (χ0n) is 8.01. The molecule has 3 nitrogen and oxygen atoms in total. The summed E-state index contributed by atoms with van der Waals surface area (Å²) in [5.74, 6) is -0.367. The summed E-state index contributed by atoms with van der Waals surface area (Å²) in [4.78, 5) is 22.5. The monoisotopic (exact) mass is 180 g/mol. The number of carbonyl (C=O) groups is 2. The van der Waals surface area contributed by atoms with Gasteiger partial charge in [-0.1, -0.05) is 0 Å². The van der Waals surface area contributed by atoms with Crippen LogP contribution in [0.25, 0.3) is 0 Å². The lowest BCUT2D eigenvalue weighted by molar-refractivity contribution is -0.132. The Balaban J connectivity index is 3.07. The average Bonchev–Trinajstić information content (AvgIpc) is 2.11. The molecule has 0 atom stereocenters. The summed E-state index contributed by atoms with van der Waals surface area (Å²) in [6, 6.07) is 0. The molecule has 0 radical (unpaired) electrons. The summed E-state index contributed by atoms with van der Waals surface area (Å²) >= 11 is 0. The molecule has 0 N–H and O–H groups in total. The van der Waals surface area contributed by atoms with Crippen LogP contribution in [0.1, 0.15) is 20.8 Å². The van der Waals surface area contributed by atoms with Crippen LogP contribution in [0.4, 0.5) is 0 Å². The van der Waals surface area contributed by atoms with Gasteiger partial charge in [0.1, 0.15) is 5.76 Å².